The lowest BCUT2D eigenvalue weighted by molar-refractivity contribution is -0.123. The predicted molar refractivity (Wildman–Crippen MR) is 122 cm³/mol. The maximum Gasteiger partial charge on any atom is 0.274 e. The van der Waals surface area contributed by atoms with Gasteiger partial charge >= 0.3 is 0 Å². The zero-order chi connectivity index (χ0) is 22.8. The molecular formula is C25H23N3O4. The number of carbonyl (C=O) groups excluding carboxylic acids is 3. The molecule has 0 aromatic heterocycles. The third-order valence-corrected chi connectivity index (χ3v) is 4.66. The molecule has 0 saturated heterocycles. The lowest BCUT2D eigenvalue weighted by Crippen LogP contribution is -2.44. The van der Waals surface area contributed by atoms with Crippen LogP contribution < -0.4 is 16.1 Å². The van der Waals surface area contributed by atoms with Gasteiger partial charge in [-0.2, -0.15) is 0 Å². The lowest BCUT2D eigenvalue weighted by Gasteiger charge is -2.18. The fourth-order valence-electron chi connectivity index (χ4n) is 3.01. The third-order valence-electron chi connectivity index (χ3n) is 4.66. The number of hydrogen-bond donors (Lipinski definition) is 4. The van der Waals surface area contributed by atoms with Crippen LogP contribution >= 0.6 is 0 Å². The summed E-state index contributed by atoms with van der Waals surface area (Å²) in [6.45, 7) is 0. The maximum atomic E-state index is 12.9. The zero-order valence-corrected chi connectivity index (χ0v) is 17.2. The van der Waals surface area contributed by atoms with Crippen LogP contribution in [0.3, 0.4) is 0 Å². The molecule has 32 heavy (non-hydrogen) atoms. The minimum absolute atomic E-state index is 0.241. The van der Waals surface area contributed by atoms with E-state index in [1.165, 1.54) is 18.2 Å². The normalized spacial score (nSPS) is 11.5. The first-order valence-corrected chi connectivity index (χ1v) is 9.98. The van der Waals surface area contributed by atoms with Gasteiger partial charge in [0.05, 0.1) is 0 Å². The van der Waals surface area contributed by atoms with Crippen molar-refractivity contribution in [3.05, 3.63) is 108 Å². The Morgan fingerprint density at radius 3 is 2.09 bits per heavy atom. The Hall–Kier alpha value is -4.23. The van der Waals surface area contributed by atoms with E-state index in [2.05, 4.69) is 10.6 Å². The Kier molecular flexibility index (Phi) is 7.89. The molecule has 0 unspecified atom stereocenters. The second-order valence-corrected chi connectivity index (χ2v) is 7.00. The van der Waals surface area contributed by atoms with Crippen LogP contribution in [0.15, 0.2) is 91.0 Å². The number of rotatable bonds is 8. The summed E-state index contributed by atoms with van der Waals surface area (Å²) in [5.74, 6) is -1.43. The molecule has 0 saturated carbocycles. The van der Waals surface area contributed by atoms with Gasteiger partial charge in [-0.3, -0.25) is 19.6 Å². The summed E-state index contributed by atoms with van der Waals surface area (Å²) in [5, 5.41) is 14.2. The number of anilines is 1. The minimum atomic E-state index is -0.814. The molecule has 0 bridgehead atoms. The van der Waals surface area contributed by atoms with Crippen molar-refractivity contribution in [2.75, 3.05) is 5.32 Å². The molecule has 0 radical (unpaired) electrons. The fraction of sp³-hybridized carbons (Fsp3) is 0.0800. The molecule has 0 aliphatic heterocycles. The van der Waals surface area contributed by atoms with Crippen molar-refractivity contribution in [2.45, 2.75) is 12.5 Å². The molecule has 3 amide bonds. The second kappa shape index (κ2) is 11.2. The summed E-state index contributed by atoms with van der Waals surface area (Å²) < 4.78 is 0. The van der Waals surface area contributed by atoms with Crippen molar-refractivity contribution < 1.29 is 19.6 Å². The Morgan fingerprint density at radius 2 is 1.47 bits per heavy atom. The van der Waals surface area contributed by atoms with Crippen LogP contribution in [-0.2, 0) is 16.0 Å². The first-order chi connectivity index (χ1) is 15.5. The summed E-state index contributed by atoms with van der Waals surface area (Å²) >= 11 is 0. The smallest absolute Gasteiger partial charge is 0.274 e. The molecule has 4 N–H and O–H groups in total. The molecule has 1 atom stereocenters. The van der Waals surface area contributed by atoms with Gasteiger partial charge in [-0.05, 0) is 41.5 Å². The lowest BCUT2D eigenvalue weighted by atomic mass is 10.0. The van der Waals surface area contributed by atoms with E-state index in [9.17, 15) is 14.4 Å². The van der Waals surface area contributed by atoms with E-state index in [1.807, 2.05) is 60.7 Å². The summed E-state index contributed by atoms with van der Waals surface area (Å²) in [4.78, 5) is 36.9. The van der Waals surface area contributed by atoms with Crippen LogP contribution in [-0.4, -0.2) is 29.0 Å². The zero-order valence-electron chi connectivity index (χ0n) is 17.2. The SMILES string of the molecule is O=C(/C=C/c1ccccc1)N[C@@H](Cc1ccccc1)C(=O)Nc1ccc(C(=O)NO)cc1. The summed E-state index contributed by atoms with van der Waals surface area (Å²) in [6, 6.07) is 24.0. The monoisotopic (exact) mass is 429 g/mol. The number of nitrogens with one attached hydrogen (secondary N) is 3. The molecule has 3 aromatic rings. The second-order valence-electron chi connectivity index (χ2n) is 7.00. The molecule has 7 nitrogen and oxygen atoms in total. The van der Waals surface area contributed by atoms with E-state index < -0.39 is 17.9 Å². The Morgan fingerprint density at radius 1 is 0.844 bits per heavy atom. The van der Waals surface area contributed by atoms with E-state index in [4.69, 9.17) is 5.21 Å². The highest BCUT2D eigenvalue weighted by Gasteiger charge is 2.21. The Bertz CT molecular complexity index is 1080. The molecule has 7 heteroatoms. The molecule has 3 rings (SSSR count). The van der Waals surface area contributed by atoms with Gasteiger partial charge in [0.2, 0.25) is 11.8 Å². The van der Waals surface area contributed by atoms with Gasteiger partial charge in [0, 0.05) is 23.7 Å². The fourth-order valence-corrected chi connectivity index (χ4v) is 3.01. The minimum Gasteiger partial charge on any atom is -0.340 e. The van der Waals surface area contributed by atoms with Crippen molar-refractivity contribution in [3.63, 3.8) is 0 Å². The van der Waals surface area contributed by atoms with Crippen LogP contribution in [0.1, 0.15) is 21.5 Å². The Labute approximate surface area is 185 Å². The Balaban J connectivity index is 1.71. The molecule has 0 aliphatic carbocycles. The third kappa shape index (κ3) is 6.65. The van der Waals surface area contributed by atoms with Gasteiger partial charge in [-0.1, -0.05) is 60.7 Å². The average Bonchev–Trinajstić information content (AvgIpc) is 2.83. The molecule has 3 aromatic carbocycles. The molecule has 0 fully saturated rings. The van der Waals surface area contributed by atoms with E-state index in [0.29, 0.717) is 12.1 Å². The van der Waals surface area contributed by atoms with E-state index in [0.717, 1.165) is 11.1 Å². The highest BCUT2D eigenvalue weighted by Crippen LogP contribution is 2.12. The summed E-state index contributed by atoms with van der Waals surface area (Å²) in [7, 11) is 0. The van der Waals surface area contributed by atoms with Crippen LogP contribution in [0.25, 0.3) is 6.08 Å². The van der Waals surface area contributed by atoms with Crippen LogP contribution in [0, 0.1) is 0 Å². The highest BCUT2D eigenvalue weighted by atomic mass is 16.5. The maximum absolute atomic E-state index is 12.9. The van der Waals surface area contributed by atoms with Crippen LogP contribution in [0.5, 0.6) is 0 Å². The average molecular weight is 429 g/mol. The summed E-state index contributed by atoms with van der Waals surface area (Å²) in [6.07, 6.45) is 3.38. The van der Waals surface area contributed by atoms with Crippen molar-refractivity contribution in [3.8, 4) is 0 Å². The van der Waals surface area contributed by atoms with Crippen molar-refractivity contribution in [2.24, 2.45) is 0 Å². The van der Waals surface area contributed by atoms with Crippen molar-refractivity contribution in [1.29, 1.82) is 0 Å². The van der Waals surface area contributed by atoms with Crippen LogP contribution in [0.2, 0.25) is 0 Å². The van der Waals surface area contributed by atoms with Gasteiger partial charge in [-0.15, -0.1) is 0 Å². The summed E-state index contributed by atoms with van der Waals surface area (Å²) in [5.41, 5.74) is 4.02. The highest BCUT2D eigenvalue weighted by molar-refractivity contribution is 6.00. The largest absolute Gasteiger partial charge is 0.340 e. The van der Waals surface area contributed by atoms with E-state index in [1.54, 1.807) is 23.7 Å². The number of hydroxylamine groups is 1. The first-order valence-electron chi connectivity index (χ1n) is 9.98. The van der Waals surface area contributed by atoms with Gasteiger partial charge in [0.15, 0.2) is 0 Å². The number of hydrogen-bond acceptors (Lipinski definition) is 4. The van der Waals surface area contributed by atoms with Crippen molar-refractivity contribution >= 4 is 29.5 Å². The molecule has 162 valence electrons. The first kappa shape index (κ1) is 22.5. The topological polar surface area (TPSA) is 108 Å². The predicted octanol–water partition coefficient (Wildman–Crippen LogP) is 3.19. The molecule has 0 heterocycles. The molecular weight excluding hydrogens is 406 g/mol. The molecule has 0 spiro atoms. The van der Waals surface area contributed by atoms with E-state index >= 15 is 0 Å². The van der Waals surface area contributed by atoms with Gasteiger partial charge in [-0.25, -0.2) is 5.48 Å². The number of benzene rings is 3. The standard InChI is InChI=1S/C25H23N3O4/c29-23(16-11-18-7-3-1-4-8-18)27-22(17-19-9-5-2-6-10-19)25(31)26-21-14-12-20(13-15-21)24(30)28-32/h1-16,22,32H,17H2,(H,26,31)(H,27,29)(H,28,30)/b16-11+/t22-/m0/s1. The van der Waals surface area contributed by atoms with Gasteiger partial charge in [0.1, 0.15) is 6.04 Å². The van der Waals surface area contributed by atoms with Crippen LogP contribution in [0.4, 0.5) is 5.69 Å². The molecule has 0 aliphatic rings. The van der Waals surface area contributed by atoms with Gasteiger partial charge in [0.25, 0.3) is 5.91 Å². The van der Waals surface area contributed by atoms with E-state index in [-0.39, 0.29) is 11.5 Å². The number of amides is 3. The number of carbonyl (C=O) groups is 3. The van der Waals surface area contributed by atoms with Crippen molar-refractivity contribution in [1.82, 2.24) is 10.8 Å². The van der Waals surface area contributed by atoms with Gasteiger partial charge < -0.3 is 10.6 Å². The quantitative estimate of drug-likeness (QED) is 0.251.